The second kappa shape index (κ2) is 9.85. The number of primary amides is 1. The molecule has 11 heteroatoms. The number of alkyl halides is 4. The summed E-state index contributed by atoms with van der Waals surface area (Å²) in [5.74, 6) is -1.46. The van der Waals surface area contributed by atoms with Crippen LogP contribution in [-0.2, 0) is 23.9 Å². The monoisotopic (exact) mass is 491 g/mol. The van der Waals surface area contributed by atoms with Crippen LogP contribution in [-0.4, -0.2) is 28.6 Å². The summed E-state index contributed by atoms with van der Waals surface area (Å²) in [6.07, 6.45) is -4.53. The molecule has 1 amide bonds. The van der Waals surface area contributed by atoms with Gasteiger partial charge in [-0.2, -0.15) is 17.6 Å². The van der Waals surface area contributed by atoms with Gasteiger partial charge in [-0.1, -0.05) is 36.4 Å². The lowest BCUT2D eigenvalue weighted by Gasteiger charge is -2.26. The molecule has 0 aliphatic carbocycles. The molecule has 2 heterocycles. The standard InChI is InChI=1S/C24H22F5N5O/c25-18-10-19(16-5-7-17(8-6-16)24(27,28)29)34(12-18)23-21(26)22(32-13-33-23)31-11-15-3-1-14(2-4-15)9-20(30)35/h1-8,13,18-19H,9-12H2,(H2,30,35)(H,31,32,33)/t18-,19+/m0/s1. The molecule has 4 rings (SSSR count). The number of rotatable bonds is 7. The largest absolute Gasteiger partial charge is 0.416 e. The average molecular weight is 491 g/mol. The first-order valence-electron chi connectivity index (χ1n) is 10.8. The van der Waals surface area contributed by atoms with Crippen LogP contribution in [0.5, 0.6) is 0 Å². The molecular weight excluding hydrogens is 469 g/mol. The lowest BCUT2D eigenvalue weighted by Crippen LogP contribution is -2.26. The van der Waals surface area contributed by atoms with E-state index in [-0.39, 0.29) is 37.6 Å². The van der Waals surface area contributed by atoms with Gasteiger partial charge in [-0.25, -0.2) is 14.4 Å². The number of carbonyl (C=O) groups is 1. The maximum Gasteiger partial charge on any atom is 0.416 e. The second-order valence-electron chi connectivity index (χ2n) is 8.29. The van der Waals surface area contributed by atoms with Crippen molar-refractivity contribution in [3.63, 3.8) is 0 Å². The average Bonchev–Trinajstić information content (AvgIpc) is 3.20. The summed E-state index contributed by atoms with van der Waals surface area (Å²) in [6, 6.07) is 10.7. The van der Waals surface area contributed by atoms with Crippen molar-refractivity contribution in [1.82, 2.24) is 9.97 Å². The molecule has 0 spiro atoms. The fraction of sp³-hybridized carbons (Fsp3) is 0.292. The van der Waals surface area contributed by atoms with Crippen molar-refractivity contribution >= 4 is 17.5 Å². The third kappa shape index (κ3) is 5.67. The molecule has 0 unspecified atom stereocenters. The first-order valence-corrected chi connectivity index (χ1v) is 10.8. The Morgan fingerprint density at radius 2 is 1.71 bits per heavy atom. The number of carbonyl (C=O) groups excluding carboxylic acids is 1. The lowest BCUT2D eigenvalue weighted by atomic mass is 10.0. The third-order valence-electron chi connectivity index (χ3n) is 5.78. The molecule has 1 aromatic heterocycles. The van der Waals surface area contributed by atoms with E-state index in [4.69, 9.17) is 5.73 Å². The Morgan fingerprint density at radius 3 is 2.34 bits per heavy atom. The number of halogens is 5. The summed E-state index contributed by atoms with van der Waals surface area (Å²) in [7, 11) is 0. The van der Waals surface area contributed by atoms with E-state index in [1.54, 1.807) is 24.3 Å². The highest BCUT2D eigenvalue weighted by Crippen LogP contribution is 2.39. The quantitative estimate of drug-likeness (QED) is 0.474. The van der Waals surface area contributed by atoms with Gasteiger partial charge in [-0.05, 0) is 28.8 Å². The number of hydrogen-bond donors (Lipinski definition) is 2. The Morgan fingerprint density at radius 1 is 1.06 bits per heavy atom. The molecule has 0 saturated carbocycles. The van der Waals surface area contributed by atoms with E-state index in [0.717, 1.165) is 29.6 Å². The molecule has 184 valence electrons. The van der Waals surface area contributed by atoms with Gasteiger partial charge < -0.3 is 16.0 Å². The fourth-order valence-corrected chi connectivity index (χ4v) is 4.08. The van der Waals surface area contributed by atoms with Gasteiger partial charge in [0, 0.05) is 13.0 Å². The van der Waals surface area contributed by atoms with E-state index < -0.39 is 35.7 Å². The fourth-order valence-electron chi connectivity index (χ4n) is 4.08. The summed E-state index contributed by atoms with van der Waals surface area (Å²) in [4.78, 5) is 20.3. The van der Waals surface area contributed by atoms with Gasteiger partial charge in [0.05, 0.1) is 24.6 Å². The molecule has 1 aliphatic rings. The number of aromatic nitrogens is 2. The molecule has 2 aromatic carbocycles. The molecule has 1 aliphatic heterocycles. The highest BCUT2D eigenvalue weighted by molar-refractivity contribution is 5.76. The molecule has 1 saturated heterocycles. The van der Waals surface area contributed by atoms with Crippen LogP contribution in [0, 0.1) is 5.82 Å². The maximum absolute atomic E-state index is 15.3. The van der Waals surface area contributed by atoms with Crippen molar-refractivity contribution in [1.29, 1.82) is 0 Å². The van der Waals surface area contributed by atoms with E-state index in [1.165, 1.54) is 17.0 Å². The van der Waals surface area contributed by atoms with Gasteiger partial charge in [0.2, 0.25) is 11.7 Å². The minimum Gasteiger partial charge on any atom is -0.369 e. The Balaban J connectivity index is 1.52. The Kier molecular flexibility index (Phi) is 6.86. The van der Waals surface area contributed by atoms with Crippen LogP contribution in [0.15, 0.2) is 54.9 Å². The third-order valence-corrected chi connectivity index (χ3v) is 5.78. The predicted molar refractivity (Wildman–Crippen MR) is 120 cm³/mol. The minimum atomic E-state index is -4.49. The van der Waals surface area contributed by atoms with E-state index in [2.05, 4.69) is 15.3 Å². The van der Waals surface area contributed by atoms with Crippen LogP contribution < -0.4 is 16.0 Å². The van der Waals surface area contributed by atoms with Crippen molar-refractivity contribution < 1.29 is 26.7 Å². The number of nitrogens with zero attached hydrogens (tertiary/aromatic N) is 3. The lowest BCUT2D eigenvalue weighted by molar-refractivity contribution is -0.137. The van der Waals surface area contributed by atoms with Gasteiger partial charge >= 0.3 is 6.18 Å². The molecule has 1 fully saturated rings. The highest BCUT2D eigenvalue weighted by atomic mass is 19.4. The predicted octanol–water partition coefficient (Wildman–Crippen LogP) is 4.56. The summed E-state index contributed by atoms with van der Waals surface area (Å²) >= 11 is 0. The number of nitrogens with two attached hydrogens (primary N) is 1. The molecule has 6 nitrogen and oxygen atoms in total. The Hall–Kier alpha value is -3.76. The van der Waals surface area contributed by atoms with E-state index in [0.29, 0.717) is 5.56 Å². The van der Waals surface area contributed by atoms with Crippen LogP contribution in [0.25, 0.3) is 0 Å². The van der Waals surface area contributed by atoms with Crippen LogP contribution in [0.2, 0.25) is 0 Å². The summed E-state index contributed by atoms with van der Waals surface area (Å²) in [6.45, 7) is 0.0681. The van der Waals surface area contributed by atoms with Gasteiger partial charge in [0.1, 0.15) is 12.5 Å². The van der Waals surface area contributed by atoms with Gasteiger partial charge in [0.15, 0.2) is 11.6 Å². The summed E-state index contributed by atoms with van der Waals surface area (Å²) in [5, 5.41) is 2.88. The molecule has 3 aromatic rings. The van der Waals surface area contributed by atoms with E-state index >= 15 is 4.39 Å². The van der Waals surface area contributed by atoms with Gasteiger partial charge in [-0.15, -0.1) is 0 Å². The first-order chi connectivity index (χ1) is 16.6. The molecule has 35 heavy (non-hydrogen) atoms. The summed E-state index contributed by atoms with van der Waals surface area (Å²) in [5.41, 5.74) is 6.34. The number of nitrogens with one attached hydrogen (secondary N) is 1. The summed E-state index contributed by atoms with van der Waals surface area (Å²) < 4.78 is 68.4. The Bertz CT molecular complexity index is 1180. The van der Waals surface area contributed by atoms with Gasteiger partial charge in [-0.3, -0.25) is 4.79 Å². The van der Waals surface area contributed by atoms with Gasteiger partial charge in [0.25, 0.3) is 0 Å². The van der Waals surface area contributed by atoms with E-state index in [1.807, 2.05) is 0 Å². The topological polar surface area (TPSA) is 84.1 Å². The van der Waals surface area contributed by atoms with Crippen LogP contribution in [0.3, 0.4) is 0 Å². The SMILES string of the molecule is NC(=O)Cc1ccc(CNc2ncnc(N3C[C@@H](F)C[C@@H]3c3ccc(C(F)(F)F)cc3)c2F)cc1. The maximum atomic E-state index is 15.3. The number of amides is 1. The molecule has 0 radical (unpaired) electrons. The Labute approximate surface area is 198 Å². The second-order valence-corrected chi connectivity index (χ2v) is 8.29. The smallest absolute Gasteiger partial charge is 0.369 e. The molecule has 3 N–H and O–H groups in total. The van der Waals surface area contributed by atoms with Crippen molar-refractivity contribution in [2.75, 3.05) is 16.8 Å². The molecule has 2 atom stereocenters. The number of hydrogen-bond acceptors (Lipinski definition) is 5. The number of benzene rings is 2. The zero-order chi connectivity index (χ0) is 25.2. The van der Waals surface area contributed by atoms with Crippen molar-refractivity contribution in [2.24, 2.45) is 5.73 Å². The minimum absolute atomic E-state index is 0.00474. The molecular formula is C24H22F5N5O. The van der Waals surface area contributed by atoms with Crippen molar-refractivity contribution in [3.05, 3.63) is 82.9 Å². The van der Waals surface area contributed by atoms with Crippen molar-refractivity contribution in [3.8, 4) is 0 Å². The highest BCUT2D eigenvalue weighted by Gasteiger charge is 2.37. The zero-order valence-electron chi connectivity index (χ0n) is 18.4. The van der Waals surface area contributed by atoms with Crippen molar-refractivity contribution in [2.45, 2.75) is 37.8 Å². The zero-order valence-corrected chi connectivity index (χ0v) is 18.4. The normalized spacial score (nSPS) is 18.0. The number of anilines is 2. The van der Waals surface area contributed by atoms with E-state index in [9.17, 15) is 22.4 Å². The molecule has 0 bridgehead atoms. The first kappa shape index (κ1) is 24.4. The van der Waals surface area contributed by atoms with Crippen LogP contribution in [0.1, 0.15) is 34.7 Å². The van der Waals surface area contributed by atoms with Crippen LogP contribution >= 0.6 is 0 Å². The van der Waals surface area contributed by atoms with Crippen LogP contribution in [0.4, 0.5) is 33.6 Å².